The van der Waals surface area contributed by atoms with E-state index in [1.54, 1.807) is 0 Å². The summed E-state index contributed by atoms with van der Waals surface area (Å²) in [7, 11) is 0. The van der Waals surface area contributed by atoms with Crippen molar-refractivity contribution >= 4 is 11.8 Å². The van der Waals surface area contributed by atoms with Gasteiger partial charge >= 0.3 is 0 Å². The SMILES string of the molecule is CC(C#N)C(=O)NCCC(=O)NC(C)(C)C. The molecule has 1 unspecified atom stereocenters. The van der Waals surface area contributed by atoms with Gasteiger partial charge in [0.05, 0.1) is 6.07 Å². The van der Waals surface area contributed by atoms with E-state index in [-0.39, 0.29) is 30.3 Å². The maximum atomic E-state index is 11.4. The maximum Gasteiger partial charge on any atom is 0.237 e. The van der Waals surface area contributed by atoms with Gasteiger partial charge in [-0.25, -0.2) is 0 Å². The van der Waals surface area contributed by atoms with E-state index in [9.17, 15) is 9.59 Å². The number of hydrogen-bond acceptors (Lipinski definition) is 3. The number of rotatable bonds is 4. The standard InChI is InChI=1S/C11H19N3O2/c1-8(7-12)10(16)13-6-5-9(15)14-11(2,3)4/h8H,5-6H2,1-4H3,(H,13,16)(H,14,15). The van der Waals surface area contributed by atoms with Crippen LogP contribution in [-0.2, 0) is 9.59 Å². The second-order valence-electron chi connectivity index (χ2n) is 4.69. The van der Waals surface area contributed by atoms with Gasteiger partial charge in [0.15, 0.2) is 0 Å². The average Bonchev–Trinajstić information content (AvgIpc) is 2.13. The largest absolute Gasteiger partial charge is 0.354 e. The van der Waals surface area contributed by atoms with Crippen molar-refractivity contribution in [2.45, 2.75) is 39.7 Å². The van der Waals surface area contributed by atoms with Gasteiger partial charge in [0.25, 0.3) is 0 Å². The lowest BCUT2D eigenvalue weighted by atomic mass is 10.1. The molecule has 5 nitrogen and oxygen atoms in total. The quantitative estimate of drug-likeness (QED) is 0.733. The summed E-state index contributed by atoms with van der Waals surface area (Å²) in [6.07, 6.45) is 0.223. The van der Waals surface area contributed by atoms with Crippen molar-refractivity contribution < 1.29 is 9.59 Å². The molecule has 0 rings (SSSR count). The van der Waals surface area contributed by atoms with Crippen LogP contribution < -0.4 is 10.6 Å². The molecule has 90 valence electrons. The lowest BCUT2D eigenvalue weighted by Crippen LogP contribution is -2.42. The molecule has 0 heterocycles. The number of carbonyl (C=O) groups excluding carboxylic acids is 2. The second-order valence-corrected chi connectivity index (χ2v) is 4.69. The predicted octanol–water partition coefficient (Wildman–Crippen LogP) is 0.567. The number of carbonyl (C=O) groups is 2. The Morgan fingerprint density at radius 1 is 1.38 bits per heavy atom. The lowest BCUT2D eigenvalue weighted by molar-refractivity contribution is -0.124. The van der Waals surface area contributed by atoms with E-state index in [1.807, 2.05) is 26.8 Å². The zero-order chi connectivity index (χ0) is 12.8. The highest BCUT2D eigenvalue weighted by Gasteiger charge is 2.14. The molecule has 0 saturated carbocycles. The van der Waals surface area contributed by atoms with Gasteiger partial charge < -0.3 is 10.6 Å². The maximum absolute atomic E-state index is 11.4. The second kappa shape index (κ2) is 6.11. The zero-order valence-corrected chi connectivity index (χ0v) is 10.3. The molecule has 16 heavy (non-hydrogen) atoms. The monoisotopic (exact) mass is 225 g/mol. The molecule has 0 saturated heterocycles. The van der Waals surface area contributed by atoms with E-state index >= 15 is 0 Å². The Kier molecular flexibility index (Phi) is 5.51. The molecule has 0 radical (unpaired) electrons. The number of nitrogens with zero attached hydrogens (tertiary/aromatic N) is 1. The van der Waals surface area contributed by atoms with E-state index < -0.39 is 5.92 Å². The summed E-state index contributed by atoms with van der Waals surface area (Å²) in [4.78, 5) is 22.5. The first-order valence-electron chi connectivity index (χ1n) is 5.24. The van der Waals surface area contributed by atoms with E-state index in [2.05, 4.69) is 10.6 Å². The molecule has 0 bridgehead atoms. The molecule has 0 aromatic heterocycles. The van der Waals surface area contributed by atoms with Gasteiger partial charge in [0.1, 0.15) is 5.92 Å². The predicted molar refractivity (Wildman–Crippen MR) is 60.3 cm³/mol. The number of nitriles is 1. The van der Waals surface area contributed by atoms with Crippen LogP contribution in [0.2, 0.25) is 0 Å². The molecule has 0 aliphatic rings. The lowest BCUT2D eigenvalue weighted by Gasteiger charge is -2.20. The Bertz CT molecular complexity index is 299. The fourth-order valence-electron chi connectivity index (χ4n) is 0.992. The van der Waals surface area contributed by atoms with Gasteiger partial charge in [0.2, 0.25) is 11.8 Å². The molecule has 0 spiro atoms. The van der Waals surface area contributed by atoms with E-state index in [0.29, 0.717) is 0 Å². The van der Waals surface area contributed by atoms with Crippen LogP contribution in [0.1, 0.15) is 34.1 Å². The molecule has 0 fully saturated rings. The van der Waals surface area contributed by atoms with Crippen LogP contribution in [0.25, 0.3) is 0 Å². The first kappa shape index (κ1) is 14.4. The molecule has 0 aliphatic heterocycles. The number of nitrogens with one attached hydrogen (secondary N) is 2. The van der Waals surface area contributed by atoms with Crippen LogP contribution in [0.4, 0.5) is 0 Å². The average molecular weight is 225 g/mol. The Labute approximate surface area is 96.2 Å². The summed E-state index contributed by atoms with van der Waals surface area (Å²) in [5.41, 5.74) is -0.263. The fourth-order valence-corrected chi connectivity index (χ4v) is 0.992. The van der Waals surface area contributed by atoms with Gasteiger partial charge in [-0.3, -0.25) is 9.59 Å². The minimum atomic E-state index is -0.675. The summed E-state index contributed by atoms with van der Waals surface area (Å²) in [6.45, 7) is 7.45. The van der Waals surface area contributed by atoms with E-state index in [0.717, 1.165) is 0 Å². The third-order valence-electron chi connectivity index (χ3n) is 1.75. The highest BCUT2D eigenvalue weighted by Crippen LogP contribution is 1.98. The molecule has 0 aliphatic carbocycles. The van der Waals surface area contributed by atoms with E-state index in [1.165, 1.54) is 6.92 Å². The van der Waals surface area contributed by atoms with Crippen molar-refractivity contribution in [1.82, 2.24) is 10.6 Å². The van der Waals surface area contributed by atoms with Gasteiger partial charge in [-0.05, 0) is 27.7 Å². The van der Waals surface area contributed by atoms with E-state index in [4.69, 9.17) is 5.26 Å². The van der Waals surface area contributed by atoms with Crippen LogP contribution in [-0.4, -0.2) is 23.9 Å². The third-order valence-corrected chi connectivity index (χ3v) is 1.75. The molecule has 2 N–H and O–H groups in total. The first-order chi connectivity index (χ1) is 7.26. The van der Waals surface area contributed by atoms with Gasteiger partial charge in [-0.15, -0.1) is 0 Å². The Balaban J connectivity index is 3.80. The minimum absolute atomic E-state index is 0.114. The van der Waals surface area contributed by atoms with Gasteiger partial charge in [-0.2, -0.15) is 5.26 Å². The fraction of sp³-hybridized carbons (Fsp3) is 0.727. The van der Waals surface area contributed by atoms with Crippen molar-refractivity contribution in [3.05, 3.63) is 0 Å². The van der Waals surface area contributed by atoms with Crippen LogP contribution in [0.3, 0.4) is 0 Å². The summed E-state index contributed by atoms with van der Waals surface area (Å²) in [5.74, 6) is -1.13. The topological polar surface area (TPSA) is 82.0 Å². The molecular weight excluding hydrogens is 206 g/mol. The molecule has 0 aromatic carbocycles. The van der Waals surface area contributed by atoms with Crippen LogP contribution >= 0.6 is 0 Å². The van der Waals surface area contributed by atoms with Crippen molar-refractivity contribution in [1.29, 1.82) is 5.26 Å². The van der Waals surface area contributed by atoms with Crippen LogP contribution in [0.5, 0.6) is 0 Å². The smallest absolute Gasteiger partial charge is 0.237 e. The Morgan fingerprint density at radius 2 is 1.94 bits per heavy atom. The number of hydrogen-bond donors (Lipinski definition) is 2. The minimum Gasteiger partial charge on any atom is -0.354 e. The molecule has 1 atom stereocenters. The molecule has 5 heteroatoms. The van der Waals surface area contributed by atoms with Crippen molar-refractivity contribution in [3.63, 3.8) is 0 Å². The van der Waals surface area contributed by atoms with Gasteiger partial charge in [0, 0.05) is 18.5 Å². The normalized spacial score (nSPS) is 12.4. The Morgan fingerprint density at radius 3 is 2.38 bits per heavy atom. The highest BCUT2D eigenvalue weighted by atomic mass is 16.2. The molecule has 0 aromatic rings. The third kappa shape index (κ3) is 6.82. The number of amides is 2. The summed E-state index contributed by atoms with van der Waals surface area (Å²) < 4.78 is 0. The molecule has 2 amide bonds. The zero-order valence-electron chi connectivity index (χ0n) is 10.3. The van der Waals surface area contributed by atoms with Crippen molar-refractivity contribution in [2.24, 2.45) is 5.92 Å². The summed E-state index contributed by atoms with van der Waals surface area (Å²) in [6, 6.07) is 1.83. The van der Waals surface area contributed by atoms with Gasteiger partial charge in [-0.1, -0.05) is 0 Å². The highest BCUT2D eigenvalue weighted by molar-refractivity contribution is 5.82. The Hall–Kier alpha value is -1.57. The first-order valence-corrected chi connectivity index (χ1v) is 5.24. The molecular formula is C11H19N3O2. The summed E-state index contributed by atoms with van der Waals surface area (Å²) in [5, 5.41) is 13.8. The van der Waals surface area contributed by atoms with Crippen LogP contribution in [0, 0.1) is 17.2 Å². The summed E-state index contributed by atoms with van der Waals surface area (Å²) >= 11 is 0. The van der Waals surface area contributed by atoms with Crippen molar-refractivity contribution in [3.8, 4) is 6.07 Å². The van der Waals surface area contributed by atoms with Crippen molar-refractivity contribution in [2.75, 3.05) is 6.54 Å². The van der Waals surface area contributed by atoms with Crippen LogP contribution in [0.15, 0.2) is 0 Å².